The number of allylic oxidation sites excluding steroid dienone is 1. The first-order chi connectivity index (χ1) is 17.2. The Morgan fingerprint density at radius 2 is 1.92 bits per heavy atom. The lowest BCUT2D eigenvalue weighted by Crippen LogP contribution is -2.43. The van der Waals surface area contributed by atoms with Gasteiger partial charge in [-0.15, -0.1) is 11.3 Å². The number of aromatic nitrogens is 4. The Hall–Kier alpha value is -3.68. The number of nitrogens with zero attached hydrogens (tertiary/aromatic N) is 5. The minimum atomic E-state index is -1.36. The molecule has 1 atom stereocenters. The van der Waals surface area contributed by atoms with Crippen LogP contribution in [0.5, 0.6) is 0 Å². The van der Waals surface area contributed by atoms with Crippen molar-refractivity contribution >= 4 is 28.9 Å². The molecule has 5 rings (SSSR count). The van der Waals surface area contributed by atoms with Gasteiger partial charge in [-0.25, -0.2) is 37.7 Å². The van der Waals surface area contributed by atoms with E-state index < -0.39 is 35.4 Å². The highest BCUT2D eigenvalue weighted by Crippen LogP contribution is 2.29. The van der Waals surface area contributed by atoms with Crippen molar-refractivity contribution in [2.45, 2.75) is 19.1 Å². The zero-order valence-corrected chi connectivity index (χ0v) is 20.1. The molecular weight excluding hydrogens is 519 g/mol. The maximum absolute atomic E-state index is 14.5. The lowest BCUT2D eigenvalue weighted by molar-refractivity contribution is 0.349. The molecule has 1 aliphatic heterocycles. The first kappa shape index (κ1) is 24.0. The fraction of sp³-hybridized carbons (Fsp3) is 0.182. The Morgan fingerprint density at radius 3 is 2.67 bits per heavy atom. The number of fused-ring (bicyclic) bond motifs is 1. The number of rotatable bonds is 6. The van der Waals surface area contributed by atoms with Crippen LogP contribution in [0.25, 0.3) is 0 Å². The minimum absolute atomic E-state index is 0.161. The number of benzene rings is 1. The molecule has 1 unspecified atom stereocenters. The number of anilines is 1. The highest BCUT2D eigenvalue weighted by atomic mass is 35.5. The van der Waals surface area contributed by atoms with Gasteiger partial charge in [0, 0.05) is 30.3 Å². The van der Waals surface area contributed by atoms with E-state index in [4.69, 9.17) is 11.6 Å². The highest BCUT2D eigenvalue weighted by Gasteiger charge is 2.26. The smallest absolute Gasteiger partial charge is 0.324 e. The maximum atomic E-state index is 14.5. The zero-order chi connectivity index (χ0) is 25.6. The summed E-state index contributed by atoms with van der Waals surface area (Å²) in [4.78, 5) is 34.2. The SMILES string of the molecule is CN1C=C2C=C(Nc3nc(=O)n(Cc4cscn4)c(=O)n3Cc3cc(F)c(F)cc3F)C(Cl)=CC2N1. The number of thiazole rings is 1. The van der Waals surface area contributed by atoms with Gasteiger partial charge in [0.05, 0.1) is 41.1 Å². The summed E-state index contributed by atoms with van der Waals surface area (Å²) in [6.45, 7) is -0.719. The van der Waals surface area contributed by atoms with Crippen LogP contribution in [0.15, 0.2) is 67.3 Å². The molecule has 0 bridgehead atoms. The largest absolute Gasteiger partial charge is 0.355 e. The molecule has 2 N–H and O–H groups in total. The minimum Gasteiger partial charge on any atom is -0.324 e. The molecule has 186 valence electrons. The van der Waals surface area contributed by atoms with Gasteiger partial charge in [-0.3, -0.25) is 4.57 Å². The maximum Gasteiger partial charge on any atom is 0.355 e. The van der Waals surface area contributed by atoms with Crippen LogP contribution in [0, 0.1) is 17.5 Å². The molecular formula is C22H17ClF3N7O2S. The zero-order valence-electron chi connectivity index (χ0n) is 18.5. The van der Waals surface area contributed by atoms with Crippen LogP contribution in [0.3, 0.4) is 0 Å². The highest BCUT2D eigenvalue weighted by molar-refractivity contribution is 7.07. The van der Waals surface area contributed by atoms with Crippen molar-refractivity contribution in [3.05, 3.63) is 107 Å². The van der Waals surface area contributed by atoms with E-state index in [1.807, 2.05) is 13.2 Å². The van der Waals surface area contributed by atoms with Crippen LogP contribution in [-0.2, 0) is 13.1 Å². The number of nitrogens with one attached hydrogen (secondary N) is 2. The van der Waals surface area contributed by atoms with Crippen LogP contribution in [0.2, 0.25) is 0 Å². The van der Waals surface area contributed by atoms with E-state index in [0.29, 0.717) is 23.5 Å². The van der Waals surface area contributed by atoms with Crippen LogP contribution in [-0.4, -0.2) is 37.2 Å². The third kappa shape index (κ3) is 4.59. The van der Waals surface area contributed by atoms with E-state index in [0.717, 1.165) is 14.7 Å². The van der Waals surface area contributed by atoms with Crippen molar-refractivity contribution in [2.24, 2.45) is 0 Å². The average molecular weight is 536 g/mol. The summed E-state index contributed by atoms with van der Waals surface area (Å²) in [6.07, 6.45) is 5.26. The second kappa shape index (κ2) is 9.41. The summed E-state index contributed by atoms with van der Waals surface area (Å²) in [5.41, 5.74) is 4.27. The molecule has 1 aromatic carbocycles. The first-order valence-electron chi connectivity index (χ1n) is 10.5. The molecule has 1 aliphatic carbocycles. The molecule has 0 radical (unpaired) electrons. The van der Waals surface area contributed by atoms with E-state index in [-0.39, 0.29) is 29.1 Å². The molecule has 0 saturated heterocycles. The molecule has 3 heterocycles. The van der Waals surface area contributed by atoms with Gasteiger partial charge in [-0.1, -0.05) is 11.6 Å². The Balaban J connectivity index is 1.60. The third-order valence-corrected chi connectivity index (χ3v) is 6.51. The number of hydrogen-bond donors (Lipinski definition) is 2. The van der Waals surface area contributed by atoms with E-state index >= 15 is 0 Å². The number of hydrogen-bond acceptors (Lipinski definition) is 8. The van der Waals surface area contributed by atoms with Gasteiger partial charge >= 0.3 is 11.4 Å². The van der Waals surface area contributed by atoms with Crippen molar-refractivity contribution in [1.29, 1.82) is 0 Å². The van der Waals surface area contributed by atoms with Crippen LogP contribution in [0.1, 0.15) is 11.3 Å². The predicted octanol–water partition coefficient (Wildman–Crippen LogP) is 2.51. The van der Waals surface area contributed by atoms with Crippen LogP contribution in [0.4, 0.5) is 19.1 Å². The van der Waals surface area contributed by atoms with Gasteiger partial charge in [0.25, 0.3) is 0 Å². The van der Waals surface area contributed by atoms with E-state index in [1.165, 1.54) is 11.3 Å². The number of hydrazine groups is 1. The van der Waals surface area contributed by atoms with Crippen molar-refractivity contribution in [3.63, 3.8) is 0 Å². The molecule has 36 heavy (non-hydrogen) atoms. The normalized spacial score (nSPS) is 17.0. The molecule has 2 aliphatic rings. The second-order valence-electron chi connectivity index (χ2n) is 8.05. The Morgan fingerprint density at radius 1 is 1.14 bits per heavy atom. The van der Waals surface area contributed by atoms with Gasteiger partial charge in [-0.05, 0) is 23.8 Å². The summed E-state index contributed by atoms with van der Waals surface area (Å²) in [5, 5.41) is 6.56. The van der Waals surface area contributed by atoms with Crippen molar-refractivity contribution in [3.8, 4) is 0 Å². The average Bonchev–Trinajstić information content (AvgIpc) is 3.46. The van der Waals surface area contributed by atoms with Crippen molar-refractivity contribution in [1.82, 2.24) is 29.5 Å². The van der Waals surface area contributed by atoms with Crippen LogP contribution >= 0.6 is 22.9 Å². The van der Waals surface area contributed by atoms with Gasteiger partial charge in [0.2, 0.25) is 5.95 Å². The quantitative estimate of drug-likeness (QED) is 0.468. The van der Waals surface area contributed by atoms with Gasteiger partial charge in [0.15, 0.2) is 11.6 Å². The summed E-state index contributed by atoms with van der Waals surface area (Å²) >= 11 is 7.70. The van der Waals surface area contributed by atoms with Crippen molar-refractivity contribution < 1.29 is 13.2 Å². The molecule has 9 nitrogen and oxygen atoms in total. The van der Waals surface area contributed by atoms with E-state index in [1.54, 1.807) is 28.1 Å². The molecule has 0 saturated carbocycles. The Bertz CT molecular complexity index is 1560. The summed E-state index contributed by atoms with van der Waals surface area (Å²) < 4.78 is 43.6. The van der Waals surface area contributed by atoms with Crippen LogP contribution < -0.4 is 22.1 Å². The monoisotopic (exact) mass is 535 g/mol. The molecule has 14 heteroatoms. The summed E-state index contributed by atoms with van der Waals surface area (Å²) in [5.74, 6) is -3.96. The molecule has 2 aromatic heterocycles. The van der Waals surface area contributed by atoms with Gasteiger partial charge in [0.1, 0.15) is 5.82 Å². The summed E-state index contributed by atoms with van der Waals surface area (Å²) in [7, 11) is 1.81. The molecule has 0 fully saturated rings. The predicted molar refractivity (Wildman–Crippen MR) is 128 cm³/mol. The first-order valence-corrected chi connectivity index (χ1v) is 11.8. The van der Waals surface area contributed by atoms with Gasteiger partial charge < -0.3 is 10.3 Å². The van der Waals surface area contributed by atoms with Crippen molar-refractivity contribution in [2.75, 3.05) is 12.4 Å². The Kier molecular flexibility index (Phi) is 6.28. The fourth-order valence-corrected chi connectivity index (χ4v) is 4.60. The van der Waals surface area contributed by atoms with Gasteiger partial charge in [-0.2, -0.15) is 4.98 Å². The third-order valence-electron chi connectivity index (χ3n) is 5.54. The molecule has 3 aromatic rings. The second-order valence-corrected chi connectivity index (χ2v) is 9.18. The number of halogens is 4. The van der Waals surface area contributed by atoms with E-state index in [2.05, 4.69) is 20.7 Å². The lowest BCUT2D eigenvalue weighted by Gasteiger charge is -2.21. The molecule has 0 amide bonds. The van der Waals surface area contributed by atoms with E-state index in [9.17, 15) is 22.8 Å². The summed E-state index contributed by atoms with van der Waals surface area (Å²) in [6, 6.07) is 0.880. The topological polar surface area (TPSA) is 97.1 Å². The molecule has 0 spiro atoms. The standard InChI is InChI=1S/C22H17ClF3N7O2S/c1-31-6-12-3-19(14(23)4-18(12)30-31)28-20-29-21(34)33(8-13-9-36-10-27-13)22(35)32(20)7-11-2-16(25)17(26)5-15(11)24/h2-6,9-10,18,30H,7-8H2,1H3,(H,28,29,34). The fourth-order valence-electron chi connectivity index (χ4n) is 3.82. The Labute approximate surface area is 210 Å². The lowest BCUT2D eigenvalue weighted by atomic mass is 10.0.